The van der Waals surface area contributed by atoms with Crippen LogP contribution >= 0.6 is 0 Å². The Bertz CT molecular complexity index is 324. The van der Waals surface area contributed by atoms with E-state index in [9.17, 15) is 4.79 Å². The fourth-order valence-electron chi connectivity index (χ4n) is 3.39. The number of piperidine rings is 1. The molecule has 2 rings (SSSR count). The standard InChI is InChI=1S/C16H31N3O/c1-13-6-5-9-19(11-13)16(2,3)12-18-15(20)10-14-7-4-8-17-14/h13-14,17H,4-12H2,1-3H3,(H,18,20). The number of hydrogen-bond donors (Lipinski definition) is 2. The third-order valence-electron chi connectivity index (χ3n) is 4.83. The zero-order valence-electron chi connectivity index (χ0n) is 13.4. The highest BCUT2D eigenvalue weighted by Crippen LogP contribution is 2.23. The molecule has 0 radical (unpaired) electrons. The third-order valence-corrected chi connectivity index (χ3v) is 4.83. The van der Waals surface area contributed by atoms with Crippen LogP contribution in [0.2, 0.25) is 0 Å². The fourth-order valence-corrected chi connectivity index (χ4v) is 3.39. The first kappa shape index (κ1) is 15.8. The Labute approximate surface area is 123 Å². The topological polar surface area (TPSA) is 44.4 Å². The van der Waals surface area contributed by atoms with Crippen LogP contribution in [0.1, 0.15) is 52.9 Å². The number of nitrogens with zero attached hydrogens (tertiary/aromatic N) is 1. The molecule has 0 saturated carbocycles. The highest BCUT2D eigenvalue weighted by atomic mass is 16.1. The van der Waals surface area contributed by atoms with E-state index in [1.54, 1.807) is 0 Å². The zero-order valence-corrected chi connectivity index (χ0v) is 13.4. The summed E-state index contributed by atoms with van der Waals surface area (Å²) >= 11 is 0. The second-order valence-electron chi connectivity index (χ2n) is 7.28. The van der Waals surface area contributed by atoms with Gasteiger partial charge in [-0.3, -0.25) is 9.69 Å². The van der Waals surface area contributed by atoms with E-state index in [1.807, 2.05) is 0 Å². The number of rotatable bonds is 5. The van der Waals surface area contributed by atoms with Crippen LogP contribution in [0.25, 0.3) is 0 Å². The summed E-state index contributed by atoms with van der Waals surface area (Å²) in [6.07, 6.45) is 5.60. The van der Waals surface area contributed by atoms with Crippen molar-refractivity contribution in [2.75, 3.05) is 26.2 Å². The maximum Gasteiger partial charge on any atom is 0.221 e. The monoisotopic (exact) mass is 281 g/mol. The van der Waals surface area contributed by atoms with Crippen molar-refractivity contribution < 1.29 is 4.79 Å². The maximum atomic E-state index is 12.0. The summed E-state index contributed by atoms with van der Waals surface area (Å²) in [7, 11) is 0. The Balaban J connectivity index is 1.74. The molecule has 0 aliphatic carbocycles. The summed E-state index contributed by atoms with van der Waals surface area (Å²) < 4.78 is 0. The number of carbonyl (C=O) groups is 1. The highest BCUT2D eigenvalue weighted by Gasteiger charge is 2.30. The van der Waals surface area contributed by atoms with Gasteiger partial charge in [0.05, 0.1) is 0 Å². The van der Waals surface area contributed by atoms with Crippen molar-refractivity contribution in [3.8, 4) is 0 Å². The molecule has 4 heteroatoms. The summed E-state index contributed by atoms with van der Waals surface area (Å²) in [6.45, 7) is 11.0. The Kier molecular flexibility index (Phi) is 5.44. The molecule has 0 spiro atoms. The molecule has 2 atom stereocenters. The van der Waals surface area contributed by atoms with Crippen LogP contribution in [0.5, 0.6) is 0 Å². The van der Waals surface area contributed by atoms with Crippen LogP contribution in [-0.2, 0) is 4.79 Å². The summed E-state index contributed by atoms with van der Waals surface area (Å²) in [6, 6.07) is 0.396. The molecular weight excluding hydrogens is 250 g/mol. The van der Waals surface area contributed by atoms with Crippen molar-refractivity contribution in [2.45, 2.75) is 64.5 Å². The minimum absolute atomic E-state index is 0.0629. The number of hydrogen-bond acceptors (Lipinski definition) is 3. The van der Waals surface area contributed by atoms with Gasteiger partial charge in [-0.2, -0.15) is 0 Å². The fraction of sp³-hybridized carbons (Fsp3) is 0.938. The van der Waals surface area contributed by atoms with E-state index < -0.39 is 0 Å². The molecule has 2 aliphatic heterocycles. The van der Waals surface area contributed by atoms with Crippen molar-refractivity contribution in [3.63, 3.8) is 0 Å². The number of likely N-dealkylation sites (tertiary alicyclic amines) is 1. The Morgan fingerprint density at radius 3 is 2.80 bits per heavy atom. The molecule has 0 aromatic rings. The second kappa shape index (κ2) is 6.90. The second-order valence-corrected chi connectivity index (χ2v) is 7.28. The van der Waals surface area contributed by atoms with Gasteiger partial charge in [0.1, 0.15) is 0 Å². The van der Waals surface area contributed by atoms with E-state index in [4.69, 9.17) is 0 Å². The van der Waals surface area contributed by atoms with Gasteiger partial charge in [-0.15, -0.1) is 0 Å². The molecule has 2 heterocycles. The smallest absolute Gasteiger partial charge is 0.221 e. The number of nitrogens with one attached hydrogen (secondary N) is 2. The SMILES string of the molecule is CC1CCCN(C(C)(C)CNC(=O)CC2CCCN2)C1. The summed E-state index contributed by atoms with van der Waals surface area (Å²) in [5.74, 6) is 0.976. The number of amides is 1. The summed E-state index contributed by atoms with van der Waals surface area (Å²) in [4.78, 5) is 14.6. The molecule has 20 heavy (non-hydrogen) atoms. The van der Waals surface area contributed by atoms with E-state index in [0.29, 0.717) is 12.5 Å². The van der Waals surface area contributed by atoms with Gasteiger partial charge >= 0.3 is 0 Å². The molecule has 2 saturated heterocycles. The van der Waals surface area contributed by atoms with Crippen LogP contribution < -0.4 is 10.6 Å². The van der Waals surface area contributed by atoms with Gasteiger partial charge in [0.25, 0.3) is 0 Å². The Morgan fingerprint density at radius 1 is 1.35 bits per heavy atom. The van der Waals surface area contributed by atoms with Crippen LogP contribution in [0.4, 0.5) is 0 Å². The van der Waals surface area contributed by atoms with Crippen LogP contribution in [0.15, 0.2) is 0 Å². The van der Waals surface area contributed by atoms with E-state index in [0.717, 1.165) is 38.5 Å². The zero-order chi connectivity index (χ0) is 14.6. The molecular formula is C16H31N3O. The molecule has 2 unspecified atom stereocenters. The van der Waals surface area contributed by atoms with Gasteiger partial charge in [-0.1, -0.05) is 6.92 Å². The van der Waals surface area contributed by atoms with Gasteiger partial charge in [0.2, 0.25) is 5.91 Å². The Hall–Kier alpha value is -0.610. The first-order valence-corrected chi connectivity index (χ1v) is 8.22. The van der Waals surface area contributed by atoms with Crippen molar-refractivity contribution in [3.05, 3.63) is 0 Å². The molecule has 116 valence electrons. The van der Waals surface area contributed by atoms with E-state index in [-0.39, 0.29) is 11.4 Å². The summed E-state index contributed by atoms with van der Waals surface area (Å²) in [5, 5.41) is 6.52. The van der Waals surface area contributed by atoms with E-state index in [2.05, 4.69) is 36.3 Å². The molecule has 2 aliphatic rings. The first-order valence-electron chi connectivity index (χ1n) is 8.22. The lowest BCUT2D eigenvalue weighted by Crippen LogP contribution is -2.54. The van der Waals surface area contributed by atoms with Gasteiger partial charge < -0.3 is 10.6 Å². The van der Waals surface area contributed by atoms with E-state index >= 15 is 0 Å². The van der Waals surface area contributed by atoms with Crippen LogP contribution in [-0.4, -0.2) is 48.6 Å². The number of carbonyl (C=O) groups excluding carboxylic acids is 1. The average Bonchev–Trinajstić information content (AvgIpc) is 2.89. The lowest BCUT2D eigenvalue weighted by Gasteiger charge is -2.43. The molecule has 0 bridgehead atoms. The van der Waals surface area contributed by atoms with Crippen molar-refractivity contribution in [1.82, 2.24) is 15.5 Å². The van der Waals surface area contributed by atoms with Gasteiger partial charge in [0, 0.05) is 31.1 Å². The molecule has 0 aromatic carbocycles. The van der Waals surface area contributed by atoms with Crippen molar-refractivity contribution in [2.24, 2.45) is 5.92 Å². The predicted molar refractivity (Wildman–Crippen MR) is 82.7 cm³/mol. The molecule has 2 fully saturated rings. The molecule has 0 aromatic heterocycles. The third kappa shape index (κ3) is 4.45. The first-order chi connectivity index (χ1) is 9.47. The summed E-state index contributed by atoms with van der Waals surface area (Å²) in [5.41, 5.74) is 0.0629. The van der Waals surface area contributed by atoms with Gasteiger partial charge in [-0.25, -0.2) is 0 Å². The minimum atomic E-state index is 0.0629. The highest BCUT2D eigenvalue weighted by molar-refractivity contribution is 5.76. The largest absolute Gasteiger partial charge is 0.354 e. The quantitative estimate of drug-likeness (QED) is 0.807. The van der Waals surface area contributed by atoms with Crippen molar-refractivity contribution >= 4 is 5.91 Å². The lowest BCUT2D eigenvalue weighted by atomic mass is 9.93. The average molecular weight is 281 g/mol. The lowest BCUT2D eigenvalue weighted by molar-refractivity contribution is -0.122. The predicted octanol–water partition coefficient (Wildman–Crippen LogP) is 1.76. The molecule has 2 N–H and O–H groups in total. The van der Waals surface area contributed by atoms with E-state index in [1.165, 1.54) is 19.3 Å². The van der Waals surface area contributed by atoms with Gasteiger partial charge in [0.15, 0.2) is 0 Å². The van der Waals surface area contributed by atoms with Crippen molar-refractivity contribution in [1.29, 1.82) is 0 Å². The Morgan fingerprint density at radius 2 is 2.15 bits per heavy atom. The molecule has 4 nitrogen and oxygen atoms in total. The maximum absolute atomic E-state index is 12.0. The van der Waals surface area contributed by atoms with Crippen LogP contribution in [0, 0.1) is 5.92 Å². The normalized spacial score (nSPS) is 28.6. The van der Waals surface area contributed by atoms with Crippen LogP contribution in [0.3, 0.4) is 0 Å². The van der Waals surface area contributed by atoms with Gasteiger partial charge in [-0.05, 0) is 58.5 Å². The molecule has 1 amide bonds. The minimum Gasteiger partial charge on any atom is -0.354 e.